The average molecular weight is 284 g/mol. The van der Waals surface area contributed by atoms with Gasteiger partial charge in [0, 0.05) is 24.5 Å². The van der Waals surface area contributed by atoms with Gasteiger partial charge in [0.2, 0.25) is 0 Å². The van der Waals surface area contributed by atoms with Gasteiger partial charge >= 0.3 is 0 Å². The summed E-state index contributed by atoms with van der Waals surface area (Å²) in [5.41, 5.74) is 6.95. The van der Waals surface area contributed by atoms with Crippen molar-refractivity contribution in [2.75, 3.05) is 19.6 Å². The lowest BCUT2D eigenvalue weighted by Crippen LogP contribution is -2.40. The molecule has 1 aromatic heterocycles. The first kappa shape index (κ1) is 14.4. The minimum absolute atomic E-state index is 0.0869. The van der Waals surface area contributed by atoms with Gasteiger partial charge < -0.3 is 5.73 Å². The van der Waals surface area contributed by atoms with E-state index >= 15 is 0 Å². The van der Waals surface area contributed by atoms with Crippen LogP contribution < -0.4 is 5.73 Å². The van der Waals surface area contributed by atoms with E-state index in [1.807, 2.05) is 0 Å². The molecule has 0 atom stereocenters. The summed E-state index contributed by atoms with van der Waals surface area (Å²) >= 11 is 0. The van der Waals surface area contributed by atoms with Crippen LogP contribution in [0.5, 0.6) is 0 Å². The SMILES string of the molecule is Cc1cc(C)nc(S(=O)(=O)N2CCC(CN)CC2)n1. The molecule has 0 unspecified atom stereocenters. The largest absolute Gasteiger partial charge is 0.330 e. The summed E-state index contributed by atoms with van der Waals surface area (Å²) in [7, 11) is -3.57. The van der Waals surface area contributed by atoms with Gasteiger partial charge in [0.15, 0.2) is 0 Å². The second-order valence-corrected chi connectivity index (χ2v) is 6.85. The van der Waals surface area contributed by atoms with E-state index in [-0.39, 0.29) is 5.16 Å². The second-order valence-electron chi connectivity index (χ2n) is 5.02. The molecule has 0 aliphatic carbocycles. The van der Waals surface area contributed by atoms with Gasteiger partial charge in [0.1, 0.15) is 0 Å². The predicted octanol–water partition coefficient (Wildman–Crippen LogP) is 0.453. The highest BCUT2D eigenvalue weighted by atomic mass is 32.2. The molecule has 1 aliphatic rings. The zero-order valence-corrected chi connectivity index (χ0v) is 12.2. The van der Waals surface area contributed by atoms with Crippen LogP contribution in [0.2, 0.25) is 0 Å². The van der Waals surface area contributed by atoms with Gasteiger partial charge in [0.25, 0.3) is 15.2 Å². The highest BCUT2D eigenvalue weighted by molar-refractivity contribution is 7.88. The van der Waals surface area contributed by atoms with Crippen LogP contribution in [0.25, 0.3) is 0 Å². The number of rotatable bonds is 3. The standard InChI is InChI=1S/C12H20N4O2S/c1-9-7-10(2)15-12(14-9)19(17,18)16-5-3-11(8-13)4-6-16/h7,11H,3-6,8,13H2,1-2H3. The summed E-state index contributed by atoms with van der Waals surface area (Å²) in [6, 6.07) is 1.76. The third-order valence-corrected chi connectivity index (χ3v) is 5.13. The van der Waals surface area contributed by atoms with Crippen LogP contribution in [0.1, 0.15) is 24.2 Å². The van der Waals surface area contributed by atoms with Crippen molar-refractivity contribution in [3.8, 4) is 0 Å². The Morgan fingerprint density at radius 3 is 2.26 bits per heavy atom. The summed E-state index contributed by atoms with van der Waals surface area (Å²) in [5, 5.41) is -0.0869. The third kappa shape index (κ3) is 3.10. The molecule has 1 saturated heterocycles. The summed E-state index contributed by atoms with van der Waals surface area (Å²) < 4.78 is 26.4. The van der Waals surface area contributed by atoms with Crippen LogP contribution in [0.4, 0.5) is 0 Å². The smallest absolute Gasteiger partial charge is 0.278 e. The second kappa shape index (κ2) is 5.52. The molecule has 0 aromatic carbocycles. The van der Waals surface area contributed by atoms with Gasteiger partial charge in [-0.3, -0.25) is 0 Å². The number of nitrogens with zero attached hydrogens (tertiary/aromatic N) is 3. The monoisotopic (exact) mass is 284 g/mol. The summed E-state index contributed by atoms with van der Waals surface area (Å²) in [5.74, 6) is 0.423. The van der Waals surface area contributed by atoms with Crippen molar-refractivity contribution >= 4 is 10.0 Å². The van der Waals surface area contributed by atoms with Crippen LogP contribution in [-0.4, -0.2) is 42.3 Å². The van der Waals surface area contributed by atoms with Gasteiger partial charge in [-0.15, -0.1) is 0 Å². The molecule has 2 heterocycles. The molecule has 2 rings (SSSR count). The highest BCUT2D eigenvalue weighted by Crippen LogP contribution is 2.21. The Bertz CT molecular complexity index is 531. The first-order chi connectivity index (χ1) is 8.93. The maximum absolute atomic E-state index is 12.5. The van der Waals surface area contributed by atoms with Crippen LogP contribution in [0, 0.1) is 19.8 Å². The van der Waals surface area contributed by atoms with Crippen molar-refractivity contribution in [3.05, 3.63) is 17.5 Å². The molecule has 0 radical (unpaired) electrons. The van der Waals surface area contributed by atoms with E-state index in [1.165, 1.54) is 4.31 Å². The van der Waals surface area contributed by atoms with Crippen molar-refractivity contribution in [3.63, 3.8) is 0 Å². The van der Waals surface area contributed by atoms with Crippen LogP contribution in [-0.2, 0) is 10.0 Å². The molecule has 0 amide bonds. The van der Waals surface area contributed by atoms with Gasteiger partial charge in [-0.25, -0.2) is 18.4 Å². The van der Waals surface area contributed by atoms with E-state index in [9.17, 15) is 8.42 Å². The Morgan fingerprint density at radius 2 is 1.79 bits per heavy atom. The molecule has 1 aromatic rings. The molecular formula is C12H20N4O2S. The van der Waals surface area contributed by atoms with E-state index in [4.69, 9.17) is 5.73 Å². The summed E-state index contributed by atoms with van der Waals surface area (Å²) in [6.07, 6.45) is 1.61. The van der Waals surface area contributed by atoms with E-state index < -0.39 is 10.0 Å². The topological polar surface area (TPSA) is 89.2 Å². The lowest BCUT2D eigenvalue weighted by Gasteiger charge is -2.29. The molecule has 106 valence electrons. The predicted molar refractivity (Wildman–Crippen MR) is 72.0 cm³/mol. The molecule has 0 spiro atoms. The molecule has 0 saturated carbocycles. The normalized spacial score (nSPS) is 18.7. The highest BCUT2D eigenvalue weighted by Gasteiger charge is 2.31. The van der Waals surface area contributed by atoms with E-state index in [0.29, 0.717) is 36.9 Å². The molecular weight excluding hydrogens is 264 g/mol. The van der Waals surface area contributed by atoms with Crippen LogP contribution in [0.3, 0.4) is 0 Å². The minimum atomic E-state index is -3.57. The number of sulfonamides is 1. The van der Waals surface area contributed by atoms with Crippen molar-refractivity contribution in [1.82, 2.24) is 14.3 Å². The fraction of sp³-hybridized carbons (Fsp3) is 0.667. The maximum Gasteiger partial charge on any atom is 0.278 e. The zero-order chi connectivity index (χ0) is 14.0. The Balaban J connectivity index is 2.23. The minimum Gasteiger partial charge on any atom is -0.330 e. The first-order valence-corrected chi connectivity index (χ1v) is 7.90. The molecule has 1 aliphatic heterocycles. The van der Waals surface area contributed by atoms with Gasteiger partial charge in [-0.1, -0.05) is 0 Å². The number of hydrogen-bond donors (Lipinski definition) is 1. The molecule has 6 nitrogen and oxygen atoms in total. The fourth-order valence-electron chi connectivity index (χ4n) is 2.31. The van der Waals surface area contributed by atoms with Gasteiger partial charge in [0.05, 0.1) is 0 Å². The molecule has 19 heavy (non-hydrogen) atoms. The lowest BCUT2D eigenvalue weighted by atomic mass is 9.99. The molecule has 2 N–H and O–H groups in total. The van der Waals surface area contributed by atoms with Crippen molar-refractivity contribution in [2.45, 2.75) is 31.8 Å². The Morgan fingerprint density at radius 1 is 1.26 bits per heavy atom. The van der Waals surface area contributed by atoms with Crippen molar-refractivity contribution < 1.29 is 8.42 Å². The third-order valence-electron chi connectivity index (χ3n) is 3.44. The first-order valence-electron chi connectivity index (χ1n) is 6.46. The van der Waals surface area contributed by atoms with E-state index in [2.05, 4.69) is 9.97 Å². The van der Waals surface area contributed by atoms with Crippen LogP contribution >= 0.6 is 0 Å². The van der Waals surface area contributed by atoms with Crippen LogP contribution in [0.15, 0.2) is 11.2 Å². The Kier molecular flexibility index (Phi) is 4.17. The summed E-state index contributed by atoms with van der Waals surface area (Å²) in [4.78, 5) is 8.11. The van der Waals surface area contributed by atoms with E-state index in [0.717, 1.165) is 12.8 Å². The van der Waals surface area contributed by atoms with E-state index in [1.54, 1.807) is 19.9 Å². The number of aromatic nitrogens is 2. The fourth-order valence-corrected chi connectivity index (χ4v) is 3.75. The Hall–Kier alpha value is -1.05. The number of nitrogens with two attached hydrogens (primary N) is 1. The Labute approximate surface area is 114 Å². The number of piperidine rings is 1. The van der Waals surface area contributed by atoms with Crippen molar-refractivity contribution in [1.29, 1.82) is 0 Å². The van der Waals surface area contributed by atoms with Gasteiger partial charge in [-0.2, -0.15) is 4.31 Å². The molecule has 0 bridgehead atoms. The zero-order valence-electron chi connectivity index (χ0n) is 11.3. The molecule has 1 fully saturated rings. The molecule has 7 heteroatoms. The number of hydrogen-bond acceptors (Lipinski definition) is 5. The quantitative estimate of drug-likeness (QED) is 0.814. The van der Waals surface area contributed by atoms with Gasteiger partial charge in [-0.05, 0) is 45.2 Å². The summed E-state index contributed by atoms with van der Waals surface area (Å²) in [6.45, 7) is 5.16. The number of aryl methyl sites for hydroxylation is 2. The average Bonchev–Trinajstić information content (AvgIpc) is 2.37. The lowest BCUT2D eigenvalue weighted by molar-refractivity contribution is 0.277. The van der Waals surface area contributed by atoms with Crippen molar-refractivity contribution in [2.24, 2.45) is 11.7 Å². The maximum atomic E-state index is 12.5.